The highest BCUT2D eigenvalue weighted by Crippen LogP contribution is 2.26. The van der Waals surface area contributed by atoms with Crippen molar-refractivity contribution in [1.82, 2.24) is 5.32 Å². The Morgan fingerprint density at radius 1 is 0.534 bits per heavy atom. The zero-order valence-corrected chi connectivity index (χ0v) is 48.0. The third-order valence-electron chi connectivity index (χ3n) is 15.1. The molecule has 1 aliphatic rings. The van der Waals surface area contributed by atoms with Crippen molar-refractivity contribution >= 4 is 16.3 Å². The minimum Gasteiger partial charge on any atom is -0.394 e. The molecule has 0 aromatic heterocycles. The van der Waals surface area contributed by atoms with E-state index in [1.165, 1.54) is 244 Å². The largest absolute Gasteiger partial charge is 0.397 e. The molecule has 1 fully saturated rings. The summed E-state index contributed by atoms with van der Waals surface area (Å²) >= 11 is 0. The molecule has 6 N–H and O–H groups in total. The smallest absolute Gasteiger partial charge is 0.394 e. The van der Waals surface area contributed by atoms with E-state index in [-0.39, 0.29) is 18.9 Å². The number of amides is 1. The van der Waals surface area contributed by atoms with Gasteiger partial charge in [0.25, 0.3) is 0 Å². The van der Waals surface area contributed by atoms with Crippen LogP contribution in [0.15, 0.2) is 12.2 Å². The highest BCUT2D eigenvalue weighted by atomic mass is 32.3. The number of allylic oxidation sites excluding steroid dienone is 1. The van der Waals surface area contributed by atoms with E-state index in [4.69, 9.17) is 9.47 Å². The third kappa shape index (κ3) is 42.5. The van der Waals surface area contributed by atoms with Crippen LogP contribution in [0.2, 0.25) is 0 Å². The number of carbonyl (C=O) groups excluding carboxylic acids is 1. The second-order valence-corrected chi connectivity index (χ2v) is 23.1. The van der Waals surface area contributed by atoms with E-state index < -0.39 is 59.9 Å². The number of ether oxygens (including phenoxy) is 2. The fourth-order valence-electron chi connectivity index (χ4n) is 10.3. The van der Waals surface area contributed by atoms with Gasteiger partial charge >= 0.3 is 10.4 Å². The van der Waals surface area contributed by atoms with Gasteiger partial charge in [-0.05, 0) is 19.3 Å². The number of unbranched alkanes of at least 4 members (excludes halogenated alkanes) is 43. The second-order valence-electron chi connectivity index (χ2n) is 22.0. The summed E-state index contributed by atoms with van der Waals surface area (Å²) in [5.74, 6) is -0.254. The van der Waals surface area contributed by atoms with E-state index >= 15 is 0 Å². The van der Waals surface area contributed by atoms with Crippen LogP contribution in [0.4, 0.5) is 0 Å². The molecular formula is C60H117NO11S. The minimum absolute atomic E-state index is 0.254. The zero-order chi connectivity index (χ0) is 53.3. The lowest BCUT2D eigenvalue weighted by atomic mass is 9.99. The molecule has 7 atom stereocenters. The number of nitrogens with one attached hydrogen (secondary N) is 1. The summed E-state index contributed by atoms with van der Waals surface area (Å²) in [5.41, 5.74) is 0. The zero-order valence-electron chi connectivity index (χ0n) is 47.2. The first-order chi connectivity index (χ1) is 35.5. The average molecular weight is 1060 g/mol. The van der Waals surface area contributed by atoms with Crippen molar-refractivity contribution < 1.29 is 51.8 Å². The molecule has 1 heterocycles. The fourth-order valence-corrected chi connectivity index (χ4v) is 10.8. The number of carbonyl (C=O) groups is 1. The van der Waals surface area contributed by atoms with Crippen LogP contribution in [-0.4, -0.2) is 95.4 Å². The number of aliphatic hydroxyl groups is 4. The normalized spacial score (nSPS) is 19.2. The van der Waals surface area contributed by atoms with E-state index in [1.807, 2.05) is 6.08 Å². The van der Waals surface area contributed by atoms with Crippen LogP contribution < -0.4 is 5.32 Å². The van der Waals surface area contributed by atoms with Crippen molar-refractivity contribution in [2.24, 2.45) is 0 Å². The van der Waals surface area contributed by atoms with Gasteiger partial charge < -0.3 is 35.2 Å². The Kier molecular flexibility index (Phi) is 48.2. The summed E-state index contributed by atoms with van der Waals surface area (Å²) in [7, 11) is -5.09. The highest BCUT2D eigenvalue weighted by molar-refractivity contribution is 7.80. The van der Waals surface area contributed by atoms with Crippen LogP contribution in [-0.2, 0) is 28.9 Å². The Hall–Kier alpha value is -1.16. The van der Waals surface area contributed by atoms with Gasteiger partial charge in [-0.3, -0.25) is 9.35 Å². The molecule has 12 nitrogen and oxygen atoms in total. The van der Waals surface area contributed by atoms with Gasteiger partial charge in [-0.25, -0.2) is 4.18 Å². The first kappa shape index (κ1) is 69.9. The molecule has 1 saturated heterocycles. The van der Waals surface area contributed by atoms with Crippen molar-refractivity contribution in [2.75, 3.05) is 13.2 Å². The maximum absolute atomic E-state index is 13.2. The number of aliphatic hydroxyl groups excluding tert-OH is 4. The summed E-state index contributed by atoms with van der Waals surface area (Å²) in [6.07, 6.45) is 52.6. The van der Waals surface area contributed by atoms with Gasteiger partial charge in [-0.15, -0.1) is 0 Å². The van der Waals surface area contributed by atoms with Crippen LogP contribution in [0.3, 0.4) is 0 Å². The van der Waals surface area contributed by atoms with E-state index in [9.17, 15) is 38.2 Å². The van der Waals surface area contributed by atoms with Crippen molar-refractivity contribution in [3.8, 4) is 0 Å². The highest BCUT2D eigenvalue weighted by Gasteiger charge is 2.48. The molecule has 0 saturated carbocycles. The van der Waals surface area contributed by atoms with Gasteiger partial charge in [0.05, 0.1) is 25.4 Å². The molecule has 7 unspecified atom stereocenters. The SMILES string of the molecule is CCCCCCCCCCCCCCCCCCCCCC/C=C/C(O)C(COC1OC(CO)C(O)C(OS(=O)(=O)O)C1O)NC(=O)CCCCCCCCCCCCCCCCCCCCCCCCCC. The number of hydrogen-bond donors (Lipinski definition) is 6. The van der Waals surface area contributed by atoms with Gasteiger partial charge in [0.15, 0.2) is 6.29 Å². The Labute approximate surface area is 449 Å². The van der Waals surface area contributed by atoms with Crippen molar-refractivity contribution in [2.45, 2.75) is 352 Å². The van der Waals surface area contributed by atoms with Gasteiger partial charge in [0, 0.05) is 6.42 Å². The van der Waals surface area contributed by atoms with Gasteiger partial charge in [0.2, 0.25) is 5.91 Å². The molecular weight excluding hydrogens is 943 g/mol. The topological polar surface area (TPSA) is 192 Å². The predicted molar refractivity (Wildman–Crippen MR) is 301 cm³/mol. The van der Waals surface area contributed by atoms with Crippen molar-refractivity contribution in [3.63, 3.8) is 0 Å². The Morgan fingerprint density at radius 3 is 1.19 bits per heavy atom. The summed E-state index contributed by atoms with van der Waals surface area (Å²) in [6, 6.07) is -0.941. The lowest BCUT2D eigenvalue weighted by Crippen LogP contribution is -2.61. The van der Waals surface area contributed by atoms with Crippen LogP contribution in [0, 0.1) is 0 Å². The van der Waals surface area contributed by atoms with Crippen LogP contribution in [0.1, 0.15) is 309 Å². The lowest BCUT2D eigenvalue weighted by molar-refractivity contribution is -0.298. The molecule has 1 amide bonds. The quantitative estimate of drug-likeness (QED) is 0.0193. The minimum atomic E-state index is -5.09. The van der Waals surface area contributed by atoms with E-state index in [2.05, 4.69) is 23.3 Å². The third-order valence-corrected chi connectivity index (χ3v) is 15.5. The standard InChI is InChI=1S/C60H117NO11S/c1-3-5-7-9-11-13-15-17-19-21-23-25-27-28-30-32-34-36-38-40-42-44-46-48-50-56(64)61-53(52-70-60-58(66)59(72-73(67,68)69)57(65)55(51-62)71-60)54(63)49-47-45-43-41-39-37-35-33-31-29-26-24-22-20-18-16-14-12-10-8-6-4-2/h47,49,53-55,57-60,62-63,65-66H,3-46,48,50-52H2,1-2H3,(H,61,64)(H,67,68,69)/b49-47+. The molecule has 0 aliphatic carbocycles. The molecule has 0 bridgehead atoms. The molecule has 1 aliphatic heterocycles. The van der Waals surface area contributed by atoms with Gasteiger partial charge in [-0.2, -0.15) is 8.42 Å². The molecule has 0 aromatic carbocycles. The number of hydrogen-bond acceptors (Lipinski definition) is 10. The summed E-state index contributed by atoms with van der Waals surface area (Å²) in [4.78, 5) is 13.2. The molecule has 0 spiro atoms. The van der Waals surface area contributed by atoms with E-state index in [0.29, 0.717) is 6.42 Å². The van der Waals surface area contributed by atoms with Crippen LogP contribution >= 0.6 is 0 Å². The summed E-state index contributed by atoms with van der Waals surface area (Å²) in [6.45, 7) is 3.45. The molecule has 0 radical (unpaired) electrons. The predicted octanol–water partition coefficient (Wildman–Crippen LogP) is 15.0. The Morgan fingerprint density at radius 2 is 0.863 bits per heavy atom. The Balaban J connectivity index is 2.33. The lowest BCUT2D eigenvalue weighted by Gasteiger charge is -2.41. The van der Waals surface area contributed by atoms with Crippen molar-refractivity contribution in [3.05, 3.63) is 12.2 Å². The van der Waals surface area contributed by atoms with Crippen LogP contribution in [0.25, 0.3) is 0 Å². The average Bonchev–Trinajstić information content (AvgIpc) is 3.37. The maximum atomic E-state index is 13.2. The van der Waals surface area contributed by atoms with Crippen LogP contribution in [0.5, 0.6) is 0 Å². The Bertz CT molecular complexity index is 1340. The summed E-state index contributed by atoms with van der Waals surface area (Å²) < 4.78 is 47.9. The van der Waals surface area contributed by atoms with E-state index in [0.717, 1.165) is 38.5 Å². The fraction of sp³-hybridized carbons (Fsp3) is 0.950. The first-order valence-corrected chi connectivity index (χ1v) is 32.4. The first-order valence-electron chi connectivity index (χ1n) is 31.1. The van der Waals surface area contributed by atoms with E-state index in [1.54, 1.807) is 6.08 Å². The van der Waals surface area contributed by atoms with Gasteiger partial charge in [0.1, 0.15) is 24.4 Å². The molecule has 434 valence electrons. The summed E-state index contributed by atoms with van der Waals surface area (Å²) in [5, 5.41) is 45.1. The van der Waals surface area contributed by atoms with Crippen molar-refractivity contribution in [1.29, 1.82) is 0 Å². The van der Waals surface area contributed by atoms with Gasteiger partial charge in [-0.1, -0.05) is 296 Å². The maximum Gasteiger partial charge on any atom is 0.397 e. The molecule has 13 heteroatoms. The molecule has 73 heavy (non-hydrogen) atoms. The second kappa shape index (κ2) is 50.4. The molecule has 0 aromatic rings. The monoisotopic (exact) mass is 1060 g/mol. The number of rotatable bonds is 55. The molecule has 1 rings (SSSR count).